The summed E-state index contributed by atoms with van der Waals surface area (Å²) >= 11 is 19.7. The summed E-state index contributed by atoms with van der Waals surface area (Å²) in [6.07, 6.45) is 0. The van der Waals surface area contributed by atoms with Crippen LogP contribution in [0.1, 0.15) is 23.9 Å². The van der Waals surface area contributed by atoms with Crippen LogP contribution in [0.2, 0.25) is 15.1 Å². The maximum absolute atomic E-state index is 6.08. The summed E-state index contributed by atoms with van der Waals surface area (Å²) in [5, 5.41) is 11.3. The monoisotopic (exact) mass is 441 g/mol. The Morgan fingerprint density at radius 1 is 1.00 bits per heavy atom. The van der Waals surface area contributed by atoms with Crippen LogP contribution >= 0.6 is 46.6 Å². The van der Waals surface area contributed by atoms with E-state index in [1.807, 2.05) is 41.8 Å². The lowest BCUT2D eigenvalue weighted by atomic mass is 10.2. The molecule has 142 valence electrons. The zero-order valence-corrected chi connectivity index (χ0v) is 18.0. The first-order valence-electron chi connectivity index (χ1n) is 8.35. The van der Waals surface area contributed by atoms with E-state index in [1.165, 1.54) is 0 Å². The molecule has 0 saturated heterocycles. The topological polar surface area (TPSA) is 39.9 Å². The molecule has 0 fully saturated rings. The van der Waals surface area contributed by atoms with Gasteiger partial charge in [-0.25, -0.2) is 0 Å². The molecule has 0 radical (unpaired) electrons. The Bertz CT molecular complexity index is 873. The molecule has 3 aromatic rings. The summed E-state index contributed by atoms with van der Waals surface area (Å²) < 4.78 is 7.90. The molecule has 0 aliphatic rings. The SMILES string of the molecule is CCn1c(COc2ccc(Cl)c(C)c2)nnc1SCc1ccc(Cl)c(Cl)c1. The van der Waals surface area contributed by atoms with Crippen LogP contribution in [0, 0.1) is 6.92 Å². The van der Waals surface area contributed by atoms with E-state index in [1.54, 1.807) is 17.8 Å². The molecule has 0 N–H and O–H groups in total. The third kappa shape index (κ3) is 5.11. The van der Waals surface area contributed by atoms with E-state index in [9.17, 15) is 0 Å². The van der Waals surface area contributed by atoms with Crippen LogP contribution in [-0.4, -0.2) is 14.8 Å². The van der Waals surface area contributed by atoms with Crippen molar-refractivity contribution >= 4 is 46.6 Å². The Morgan fingerprint density at radius 2 is 1.78 bits per heavy atom. The maximum atomic E-state index is 6.08. The van der Waals surface area contributed by atoms with Crippen molar-refractivity contribution in [3.05, 3.63) is 68.4 Å². The van der Waals surface area contributed by atoms with Crippen molar-refractivity contribution in [2.45, 2.75) is 37.9 Å². The smallest absolute Gasteiger partial charge is 0.191 e. The van der Waals surface area contributed by atoms with Gasteiger partial charge in [-0.05, 0) is 55.3 Å². The van der Waals surface area contributed by atoms with Crippen LogP contribution in [0.25, 0.3) is 0 Å². The lowest BCUT2D eigenvalue weighted by Gasteiger charge is -2.10. The molecule has 0 unspecified atom stereocenters. The summed E-state index contributed by atoms with van der Waals surface area (Å²) in [6, 6.07) is 11.2. The number of thioether (sulfide) groups is 1. The highest BCUT2D eigenvalue weighted by molar-refractivity contribution is 7.98. The number of aryl methyl sites for hydroxylation is 1. The summed E-state index contributed by atoms with van der Waals surface area (Å²) in [5.41, 5.74) is 2.05. The minimum atomic E-state index is 0.343. The number of ether oxygens (including phenoxy) is 1. The van der Waals surface area contributed by atoms with Crippen molar-refractivity contribution < 1.29 is 4.74 Å². The molecular weight excluding hydrogens is 425 g/mol. The van der Waals surface area contributed by atoms with Crippen molar-refractivity contribution in [2.24, 2.45) is 0 Å². The van der Waals surface area contributed by atoms with Crippen LogP contribution in [0.4, 0.5) is 0 Å². The van der Waals surface area contributed by atoms with Crippen molar-refractivity contribution in [3.8, 4) is 5.75 Å². The van der Waals surface area contributed by atoms with Crippen molar-refractivity contribution in [3.63, 3.8) is 0 Å². The molecule has 3 rings (SSSR count). The van der Waals surface area contributed by atoms with Crippen LogP contribution in [0.15, 0.2) is 41.6 Å². The third-order valence-electron chi connectivity index (χ3n) is 3.96. The highest BCUT2D eigenvalue weighted by Gasteiger charge is 2.13. The minimum absolute atomic E-state index is 0.343. The van der Waals surface area contributed by atoms with Crippen LogP contribution in [0.3, 0.4) is 0 Å². The van der Waals surface area contributed by atoms with Gasteiger partial charge in [0.25, 0.3) is 0 Å². The second kappa shape index (κ2) is 9.20. The Labute approximate surface area is 177 Å². The lowest BCUT2D eigenvalue weighted by Crippen LogP contribution is -2.07. The normalized spacial score (nSPS) is 11.0. The van der Waals surface area contributed by atoms with Crippen molar-refractivity contribution in [1.82, 2.24) is 14.8 Å². The van der Waals surface area contributed by atoms with Gasteiger partial charge < -0.3 is 9.30 Å². The number of benzene rings is 2. The van der Waals surface area contributed by atoms with E-state index in [0.717, 1.165) is 45.2 Å². The molecule has 0 aliphatic carbocycles. The van der Waals surface area contributed by atoms with E-state index in [0.29, 0.717) is 16.7 Å². The standard InChI is InChI=1S/C19H18Cl3N3OS/c1-3-25-18(10-26-14-5-7-15(20)12(2)8-14)23-24-19(25)27-11-13-4-6-16(21)17(22)9-13/h4-9H,3,10-11H2,1-2H3. The Hall–Kier alpha value is -1.40. The molecule has 27 heavy (non-hydrogen) atoms. The van der Waals surface area contributed by atoms with E-state index < -0.39 is 0 Å². The average molecular weight is 443 g/mol. The zero-order valence-electron chi connectivity index (χ0n) is 14.9. The van der Waals surface area contributed by atoms with Gasteiger partial charge in [-0.2, -0.15) is 0 Å². The molecule has 0 atom stereocenters. The number of hydrogen-bond donors (Lipinski definition) is 0. The Kier molecular flexibility index (Phi) is 6.93. The first kappa shape index (κ1) is 20.3. The van der Waals surface area contributed by atoms with Gasteiger partial charge in [-0.3, -0.25) is 0 Å². The van der Waals surface area contributed by atoms with Gasteiger partial charge >= 0.3 is 0 Å². The van der Waals surface area contributed by atoms with Gasteiger partial charge in [-0.1, -0.05) is 52.6 Å². The van der Waals surface area contributed by atoms with E-state index >= 15 is 0 Å². The molecule has 0 saturated carbocycles. The van der Waals surface area contributed by atoms with Gasteiger partial charge in [0.15, 0.2) is 11.0 Å². The fourth-order valence-electron chi connectivity index (χ4n) is 2.48. The minimum Gasteiger partial charge on any atom is -0.486 e. The van der Waals surface area contributed by atoms with E-state index in [-0.39, 0.29) is 0 Å². The fourth-order valence-corrected chi connectivity index (χ4v) is 3.88. The van der Waals surface area contributed by atoms with Gasteiger partial charge in [0.1, 0.15) is 12.4 Å². The molecule has 0 amide bonds. The first-order valence-corrected chi connectivity index (χ1v) is 10.5. The quantitative estimate of drug-likeness (QED) is 0.395. The van der Waals surface area contributed by atoms with Crippen LogP contribution in [-0.2, 0) is 18.9 Å². The largest absolute Gasteiger partial charge is 0.486 e. The average Bonchev–Trinajstić information content (AvgIpc) is 3.05. The summed E-state index contributed by atoms with van der Waals surface area (Å²) in [6.45, 7) is 5.11. The van der Waals surface area contributed by atoms with Crippen molar-refractivity contribution in [2.75, 3.05) is 0 Å². The number of halogens is 3. The molecule has 0 aliphatic heterocycles. The van der Waals surface area contributed by atoms with Gasteiger partial charge in [0, 0.05) is 17.3 Å². The predicted octanol–water partition coefficient (Wildman–Crippen LogP) is 6.44. The second-order valence-corrected chi connectivity index (χ2v) is 8.04. The Balaban J connectivity index is 1.66. The molecule has 8 heteroatoms. The molecule has 1 aromatic heterocycles. The molecule has 0 spiro atoms. The van der Waals surface area contributed by atoms with Crippen LogP contribution < -0.4 is 4.74 Å². The van der Waals surface area contributed by atoms with Gasteiger partial charge in [-0.15, -0.1) is 10.2 Å². The van der Waals surface area contributed by atoms with E-state index in [4.69, 9.17) is 39.5 Å². The molecule has 4 nitrogen and oxygen atoms in total. The lowest BCUT2D eigenvalue weighted by molar-refractivity contribution is 0.288. The summed E-state index contributed by atoms with van der Waals surface area (Å²) in [4.78, 5) is 0. The summed E-state index contributed by atoms with van der Waals surface area (Å²) in [7, 11) is 0. The maximum Gasteiger partial charge on any atom is 0.191 e. The number of nitrogens with zero attached hydrogens (tertiary/aromatic N) is 3. The highest BCUT2D eigenvalue weighted by Crippen LogP contribution is 2.28. The van der Waals surface area contributed by atoms with Crippen molar-refractivity contribution in [1.29, 1.82) is 0 Å². The molecule has 1 heterocycles. The second-order valence-electron chi connectivity index (χ2n) is 5.88. The van der Waals surface area contributed by atoms with Gasteiger partial charge in [0.2, 0.25) is 0 Å². The molecule has 0 bridgehead atoms. The zero-order chi connectivity index (χ0) is 19.4. The predicted molar refractivity (Wildman–Crippen MR) is 112 cm³/mol. The summed E-state index contributed by atoms with van der Waals surface area (Å²) in [5.74, 6) is 2.26. The Morgan fingerprint density at radius 3 is 2.48 bits per heavy atom. The number of hydrogen-bond acceptors (Lipinski definition) is 4. The van der Waals surface area contributed by atoms with E-state index in [2.05, 4.69) is 17.1 Å². The van der Waals surface area contributed by atoms with Crippen LogP contribution in [0.5, 0.6) is 5.75 Å². The third-order valence-corrected chi connectivity index (χ3v) is 6.16. The first-order chi connectivity index (χ1) is 13.0. The highest BCUT2D eigenvalue weighted by atomic mass is 35.5. The number of aromatic nitrogens is 3. The molecule has 2 aromatic carbocycles. The van der Waals surface area contributed by atoms with Gasteiger partial charge in [0.05, 0.1) is 10.0 Å². The number of rotatable bonds is 7. The molecular formula is C19H18Cl3N3OS. The fraction of sp³-hybridized carbons (Fsp3) is 0.263.